The fourth-order valence-electron chi connectivity index (χ4n) is 3.51. The minimum absolute atomic E-state index is 0.0919. The molecule has 0 bridgehead atoms. The van der Waals surface area contributed by atoms with Crippen LogP contribution in [0.2, 0.25) is 0 Å². The van der Waals surface area contributed by atoms with Gasteiger partial charge in [-0.2, -0.15) is 4.31 Å². The lowest BCUT2D eigenvalue weighted by Gasteiger charge is -2.35. The lowest BCUT2D eigenvalue weighted by molar-refractivity contribution is -0.140. The van der Waals surface area contributed by atoms with Crippen LogP contribution in [0.25, 0.3) is 0 Å². The van der Waals surface area contributed by atoms with Crippen molar-refractivity contribution in [3.05, 3.63) is 59.2 Å². The van der Waals surface area contributed by atoms with E-state index >= 15 is 0 Å². The fraction of sp³-hybridized carbons (Fsp3) is 0.435. The number of hydrogen-bond acceptors (Lipinski definition) is 4. The summed E-state index contributed by atoms with van der Waals surface area (Å²) in [6.45, 7) is 9.07. The number of piperazine rings is 1. The number of hydrogen-bond donors (Lipinski definition) is 0. The predicted molar refractivity (Wildman–Crippen MR) is 117 cm³/mol. The molecule has 2 aromatic carbocycles. The molecule has 0 aliphatic carbocycles. The van der Waals surface area contributed by atoms with E-state index in [9.17, 15) is 13.2 Å². The van der Waals surface area contributed by atoms with Crippen molar-refractivity contribution in [3.63, 3.8) is 0 Å². The first kappa shape index (κ1) is 22.3. The van der Waals surface area contributed by atoms with Gasteiger partial charge in [-0.25, -0.2) is 8.42 Å². The number of benzene rings is 2. The van der Waals surface area contributed by atoms with Gasteiger partial charge in [0.1, 0.15) is 5.75 Å². The van der Waals surface area contributed by atoms with E-state index in [1.54, 1.807) is 29.2 Å². The van der Waals surface area contributed by atoms with Gasteiger partial charge in [0, 0.05) is 26.2 Å². The zero-order valence-corrected chi connectivity index (χ0v) is 18.9. The Bertz CT molecular complexity index is 994. The van der Waals surface area contributed by atoms with Crippen molar-refractivity contribution in [2.45, 2.75) is 45.1 Å². The maximum atomic E-state index is 13.0. The van der Waals surface area contributed by atoms with Crippen molar-refractivity contribution in [3.8, 4) is 5.75 Å². The molecule has 6 nitrogen and oxygen atoms in total. The minimum Gasteiger partial charge on any atom is -0.480 e. The molecule has 0 aromatic heterocycles. The Labute approximate surface area is 179 Å². The molecule has 1 aliphatic rings. The molecule has 0 radical (unpaired) electrons. The minimum atomic E-state index is -3.55. The maximum absolute atomic E-state index is 13.0. The lowest BCUT2D eigenvalue weighted by Crippen LogP contribution is -2.53. The fourth-order valence-corrected chi connectivity index (χ4v) is 4.93. The molecular weight excluding hydrogens is 400 g/mol. The van der Waals surface area contributed by atoms with Gasteiger partial charge in [-0.3, -0.25) is 4.79 Å². The van der Waals surface area contributed by atoms with Gasteiger partial charge in [0.2, 0.25) is 10.0 Å². The normalized spacial score (nSPS) is 16.3. The molecule has 1 saturated heterocycles. The second-order valence-corrected chi connectivity index (χ2v) is 9.76. The summed E-state index contributed by atoms with van der Waals surface area (Å²) in [5.74, 6) is 0.626. The maximum Gasteiger partial charge on any atom is 0.263 e. The Kier molecular flexibility index (Phi) is 6.83. The highest BCUT2D eigenvalue weighted by atomic mass is 32.2. The lowest BCUT2D eigenvalue weighted by atomic mass is 10.1. The van der Waals surface area contributed by atoms with Crippen molar-refractivity contribution < 1.29 is 17.9 Å². The standard InChI is InChI=1S/C23H30N2O4S/c1-5-21(29-22-16-18(3)6-9-19(22)4)23(26)24-12-14-25(15-13-24)30(27,28)20-10-7-17(2)8-11-20/h6-11,16,21H,5,12-15H2,1-4H3/t21-/m1/s1. The zero-order valence-electron chi connectivity index (χ0n) is 18.1. The molecule has 0 unspecified atom stereocenters. The number of nitrogens with zero attached hydrogens (tertiary/aromatic N) is 2. The summed E-state index contributed by atoms with van der Waals surface area (Å²) in [5.41, 5.74) is 3.08. The molecule has 1 amide bonds. The highest BCUT2D eigenvalue weighted by Crippen LogP contribution is 2.23. The molecule has 0 N–H and O–H groups in total. The van der Waals surface area contributed by atoms with Crippen molar-refractivity contribution in [1.29, 1.82) is 0 Å². The first-order chi connectivity index (χ1) is 14.2. The third-order valence-electron chi connectivity index (χ3n) is 5.47. The van der Waals surface area contributed by atoms with Crippen molar-refractivity contribution in [2.24, 2.45) is 0 Å². The molecule has 1 aliphatic heterocycles. The smallest absolute Gasteiger partial charge is 0.263 e. The number of amides is 1. The van der Waals surface area contributed by atoms with Gasteiger partial charge in [-0.1, -0.05) is 36.8 Å². The summed E-state index contributed by atoms with van der Waals surface area (Å²) in [6.07, 6.45) is -0.0283. The van der Waals surface area contributed by atoms with E-state index in [0.717, 1.165) is 22.4 Å². The van der Waals surface area contributed by atoms with E-state index in [0.29, 0.717) is 19.5 Å². The quantitative estimate of drug-likeness (QED) is 0.705. The summed E-state index contributed by atoms with van der Waals surface area (Å²) < 4.78 is 33.2. The van der Waals surface area contributed by atoms with E-state index in [2.05, 4.69) is 0 Å². The molecular formula is C23H30N2O4S. The summed E-state index contributed by atoms with van der Waals surface area (Å²) in [6, 6.07) is 12.8. The van der Waals surface area contributed by atoms with Crippen LogP contribution in [-0.4, -0.2) is 55.8 Å². The van der Waals surface area contributed by atoms with Gasteiger partial charge in [0.05, 0.1) is 4.90 Å². The number of rotatable bonds is 6. The molecule has 7 heteroatoms. The Morgan fingerprint density at radius 3 is 2.17 bits per heavy atom. The predicted octanol–water partition coefficient (Wildman–Crippen LogP) is 3.30. The van der Waals surface area contributed by atoms with Gasteiger partial charge in [-0.05, 0) is 56.5 Å². The Morgan fingerprint density at radius 2 is 1.57 bits per heavy atom. The summed E-state index contributed by atoms with van der Waals surface area (Å²) in [5, 5.41) is 0. The molecule has 162 valence electrons. The average molecular weight is 431 g/mol. The largest absolute Gasteiger partial charge is 0.480 e. The molecule has 0 saturated carbocycles. The van der Waals surface area contributed by atoms with Crippen LogP contribution in [-0.2, 0) is 14.8 Å². The highest BCUT2D eigenvalue weighted by molar-refractivity contribution is 7.89. The first-order valence-corrected chi connectivity index (χ1v) is 11.8. The van der Waals surface area contributed by atoms with Crippen LogP contribution in [0.1, 0.15) is 30.0 Å². The third-order valence-corrected chi connectivity index (χ3v) is 7.38. The van der Waals surface area contributed by atoms with E-state index in [1.807, 2.05) is 45.9 Å². The zero-order chi connectivity index (χ0) is 21.9. The Morgan fingerprint density at radius 1 is 0.967 bits per heavy atom. The first-order valence-electron chi connectivity index (χ1n) is 10.3. The van der Waals surface area contributed by atoms with Gasteiger partial charge < -0.3 is 9.64 Å². The van der Waals surface area contributed by atoms with Crippen molar-refractivity contribution >= 4 is 15.9 Å². The van der Waals surface area contributed by atoms with Crippen molar-refractivity contribution in [2.75, 3.05) is 26.2 Å². The average Bonchev–Trinajstić information content (AvgIpc) is 2.74. The summed E-state index contributed by atoms with van der Waals surface area (Å²) in [7, 11) is -3.55. The van der Waals surface area contributed by atoms with Crippen LogP contribution in [0, 0.1) is 20.8 Å². The molecule has 1 fully saturated rings. The van der Waals surface area contributed by atoms with Gasteiger partial charge in [0.25, 0.3) is 5.91 Å². The van der Waals surface area contributed by atoms with Crippen LogP contribution < -0.4 is 4.74 Å². The monoisotopic (exact) mass is 430 g/mol. The van der Waals surface area contributed by atoms with Crippen molar-refractivity contribution in [1.82, 2.24) is 9.21 Å². The highest BCUT2D eigenvalue weighted by Gasteiger charge is 2.33. The van der Waals surface area contributed by atoms with E-state index < -0.39 is 16.1 Å². The molecule has 0 spiro atoms. The van der Waals surface area contributed by atoms with E-state index in [4.69, 9.17) is 4.74 Å². The second kappa shape index (κ2) is 9.18. The number of carbonyl (C=O) groups excluding carboxylic acids is 1. The van der Waals surface area contributed by atoms with Crippen LogP contribution >= 0.6 is 0 Å². The number of sulfonamides is 1. The third kappa shape index (κ3) is 4.84. The van der Waals surface area contributed by atoms with Crippen LogP contribution in [0.3, 0.4) is 0 Å². The van der Waals surface area contributed by atoms with E-state index in [1.165, 1.54) is 4.31 Å². The molecule has 1 heterocycles. The molecule has 3 rings (SSSR count). The summed E-state index contributed by atoms with van der Waals surface area (Å²) in [4.78, 5) is 15.0. The number of ether oxygens (including phenoxy) is 1. The second-order valence-electron chi connectivity index (χ2n) is 7.83. The molecule has 30 heavy (non-hydrogen) atoms. The van der Waals surface area contributed by atoms with E-state index in [-0.39, 0.29) is 23.9 Å². The topological polar surface area (TPSA) is 66.9 Å². The van der Waals surface area contributed by atoms with Gasteiger partial charge in [0.15, 0.2) is 6.10 Å². The van der Waals surface area contributed by atoms with Crippen LogP contribution in [0.4, 0.5) is 0 Å². The number of carbonyl (C=O) groups is 1. The van der Waals surface area contributed by atoms with Crippen LogP contribution in [0.5, 0.6) is 5.75 Å². The van der Waals surface area contributed by atoms with Gasteiger partial charge >= 0.3 is 0 Å². The van der Waals surface area contributed by atoms with Crippen LogP contribution in [0.15, 0.2) is 47.4 Å². The SMILES string of the molecule is CC[C@@H](Oc1cc(C)ccc1C)C(=O)N1CCN(S(=O)(=O)c2ccc(C)cc2)CC1. The Hall–Kier alpha value is -2.38. The summed E-state index contributed by atoms with van der Waals surface area (Å²) >= 11 is 0. The Balaban J connectivity index is 1.65. The number of aryl methyl sites for hydroxylation is 3. The van der Waals surface area contributed by atoms with Gasteiger partial charge in [-0.15, -0.1) is 0 Å². The molecule has 2 aromatic rings. The molecule has 1 atom stereocenters.